The normalized spacial score (nSPS) is 14.1. The van der Waals surface area contributed by atoms with Gasteiger partial charge >= 0.3 is 0 Å². The van der Waals surface area contributed by atoms with Gasteiger partial charge in [0.15, 0.2) is 0 Å². The summed E-state index contributed by atoms with van der Waals surface area (Å²) in [6.45, 7) is 3.75. The molecule has 104 valence electrons. The van der Waals surface area contributed by atoms with Gasteiger partial charge < -0.3 is 5.11 Å². The first kappa shape index (κ1) is 16.4. The maximum Gasteiger partial charge on any atom is 0.250 e. The maximum atomic E-state index is 12.1. The van der Waals surface area contributed by atoms with E-state index in [4.69, 9.17) is 16.7 Å². The third kappa shape index (κ3) is 4.18. The Kier molecular flexibility index (Phi) is 6.08. The van der Waals surface area contributed by atoms with Gasteiger partial charge in [-0.05, 0) is 34.3 Å². The molecule has 0 aliphatic carbocycles. The van der Waals surface area contributed by atoms with E-state index in [-0.39, 0.29) is 22.8 Å². The number of aliphatic hydroxyl groups excluding tert-OH is 1. The van der Waals surface area contributed by atoms with Crippen LogP contribution in [0.25, 0.3) is 0 Å². The van der Waals surface area contributed by atoms with Gasteiger partial charge in [-0.15, -0.1) is 11.3 Å². The Morgan fingerprint density at radius 3 is 2.56 bits per heavy atom. The van der Waals surface area contributed by atoms with Crippen molar-refractivity contribution in [3.05, 3.63) is 14.9 Å². The van der Waals surface area contributed by atoms with Gasteiger partial charge in [0.1, 0.15) is 4.21 Å². The van der Waals surface area contributed by atoms with Gasteiger partial charge in [-0.25, -0.2) is 13.1 Å². The first-order valence-corrected chi connectivity index (χ1v) is 8.83. The van der Waals surface area contributed by atoms with Crippen LogP contribution in [0.15, 0.2) is 14.1 Å². The van der Waals surface area contributed by atoms with E-state index < -0.39 is 10.0 Å². The molecule has 0 amide bonds. The Morgan fingerprint density at radius 2 is 2.17 bits per heavy atom. The van der Waals surface area contributed by atoms with Crippen LogP contribution in [-0.2, 0) is 10.0 Å². The van der Waals surface area contributed by atoms with Gasteiger partial charge in [-0.1, -0.05) is 25.4 Å². The van der Waals surface area contributed by atoms with Gasteiger partial charge in [0.2, 0.25) is 10.0 Å². The Hall–Kier alpha value is 0.340. The summed E-state index contributed by atoms with van der Waals surface area (Å²) in [4.78, 5) is 0. The molecule has 1 heterocycles. The summed E-state index contributed by atoms with van der Waals surface area (Å²) in [5.74, 6) is 0.103. The molecule has 1 aromatic rings. The molecule has 0 radical (unpaired) electrons. The van der Waals surface area contributed by atoms with Crippen LogP contribution in [0, 0.1) is 5.92 Å². The van der Waals surface area contributed by atoms with Crippen LogP contribution in [0.4, 0.5) is 0 Å². The molecule has 0 saturated heterocycles. The van der Waals surface area contributed by atoms with Crippen LogP contribution >= 0.6 is 38.9 Å². The highest BCUT2D eigenvalue weighted by Gasteiger charge is 2.24. The molecule has 1 atom stereocenters. The second-order valence-corrected chi connectivity index (χ2v) is 8.89. The van der Waals surface area contributed by atoms with E-state index in [9.17, 15) is 8.42 Å². The number of sulfonamides is 1. The molecule has 0 aliphatic heterocycles. The second kappa shape index (κ2) is 6.67. The van der Waals surface area contributed by atoms with Crippen LogP contribution in [0.2, 0.25) is 5.02 Å². The topological polar surface area (TPSA) is 66.4 Å². The SMILES string of the molecule is CC(C)C(CCO)NS(=O)(=O)c1cc(Cl)c(Br)s1. The van der Waals surface area contributed by atoms with Crippen molar-refractivity contribution in [2.45, 2.75) is 30.5 Å². The molecule has 4 nitrogen and oxygen atoms in total. The lowest BCUT2D eigenvalue weighted by atomic mass is 10.0. The molecule has 2 N–H and O–H groups in total. The Morgan fingerprint density at radius 1 is 1.56 bits per heavy atom. The van der Waals surface area contributed by atoms with Crippen LogP contribution in [0.1, 0.15) is 20.3 Å². The smallest absolute Gasteiger partial charge is 0.250 e. The Labute approximate surface area is 125 Å². The van der Waals surface area contributed by atoms with Crippen molar-refractivity contribution in [3.8, 4) is 0 Å². The fourth-order valence-electron chi connectivity index (χ4n) is 1.38. The van der Waals surface area contributed by atoms with E-state index >= 15 is 0 Å². The minimum absolute atomic E-state index is 0.0553. The quantitative estimate of drug-likeness (QED) is 0.802. The number of aliphatic hydroxyl groups is 1. The summed E-state index contributed by atoms with van der Waals surface area (Å²) >= 11 is 10.1. The fourth-order valence-corrected chi connectivity index (χ4v) is 5.22. The highest BCUT2D eigenvalue weighted by molar-refractivity contribution is 9.11. The third-order valence-corrected chi connectivity index (χ3v) is 6.88. The van der Waals surface area contributed by atoms with E-state index in [2.05, 4.69) is 20.7 Å². The number of nitrogens with one attached hydrogen (secondary N) is 1. The molecule has 0 spiro atoms. The molecule has 18 heavy (non-hydrogen) atoms. The molecular weight excluding hydrogens is 362 g/mol. The van der Waals surface area contributed by atoms with E-state index in [1.54, 1.807) is 0 Å². The highest BCUT2D eigenvalue weighted by Crippen LogP contribution is 2.34. The lowest BCUT2D eigenvalue weighted by molar-refractivity contribution is 0.256. The minimum atomic E-state index is -3.59. The largest absolute Gasteiger partial charge is 0.396 e. The van der Waals surface area contributed by atoms with Gasteiger partial charge in [0.25, 0.3) is 0 Å². The first-order chi connectivity index (χ1) is 8.27. The van der Waals surface area contributed by atoms with Gasteiger partial charge in [-0.2, -0.15) is 0 Å². The molecule has 8 heteroatoms. The highest BCUT2D eigenvalue weighted by atomic mass is 79.9. The third-order valence-electron chi connectivity index (χ3n) is 2.44. The predicted molar refractivity (Wildman–Crippen MR) is 77.7 cm³/mol. The fraction of sp³-hybridized carbons (Fsp3) is 0.600. The minimum Gasteiger partial charge on any atom is -0.396 e. The molecular formula is C10H15BrClNO3S2. The Bertz CT molecular complexity index is 482. The zero-order valence-electron chi connectivity index (χ0n) is 9.98. The van der Waals surface area contributed by atoms with E-state index in [1.807, 2.05) is 13.8 Å². The van der Waals surface area contributed by atoms with Gasteiger partial charge in [0.05, 0.1) is 8.81 Å². The van der Waals surface area contributed by atoms with E-state index in [0.717, 1.165) is 11.3 Å². The predicted octanol–water partition coefficient (Wildman–Crippen LogP) is 2.85. The number of halogens is 2. The van der Waals surface area contributed by atoms with Crippen LogP contribution in [0.5, 0.6) is 0 Å². The lowest BCUT2D eigenvalue weighted by Crippen LogP contribution is -2.38. The molecule has 1 unspecified atom stereocenters. The summed E-state index contributed by atoms with van der Waals surface area (Å²) in [6, 6.07) is 1.12. The summed E-state index contributed by atoms with van der Waals surface area (Å²) in [7, 11) is -3.59. The zero-order valence-corrected chi connectivity index (χ0v) is 14.0. The van der Waals surface area contributed by atoms with Gasteiger partial charge in [0, 0.05) is 12.6 Å². The molecule has 0 aromatic carbocycles. The second-order valence-electron chi connectivity index (χ2n) is 4.17. The summed E-state index contributed by atoms with van der Waals surface area (Å²) in [5, 5.41) is 9.32. The number of thiophene rings is 1. The van der Waals surface area contributed by atoms with Crippen LogP contribution in [0.3, 0.4) is 0 Å². The summed E-state index contributed by atoms with van der Waals surface area (Å²) in [5.41, 5.74) is 0. The molecule has 0 bridgehead atoms. The van der Waals surface area contributed by atoms with Crippen molar-refractivity contribution >= 4 is 48.9 Å². The van der Waals surface area contributed by atoms with Crippen LogP contribution < -0.4 is 4.72 Å². The number of hydrogen-bond donors (Lipinski definition) is 2. The van der Waals surface area contributed by atoms with Crippen LogP contribution in [-0.4, -0.2) is 26.2 Å². The molecule has 0 saturated carbocycles. The first-order valence-electron chi connectivity index (χ1n) is 5.36. The molecule has 0 aliphatic rings. The zero-order chi connectivity index (χ0) is 13.9. The average molecular weight is 377 g/mol. The monoisotopic (exact) mass is 375 g/mol. The summed E-state index contributed by atoms with van der Waals surface area (Å²) in [6.07, 6.45) is 0.386. The molecule has 1 aromatic heterocycles. The van der Waals surface area contributed by atoms with E-state index in [0.29, 0.717) is 15.2 Å². The Balaban J connectivity index is 2.93. The summed E-state index contributed by atoms with van der Waals surface area (Å²) < 4.78 is 27.6. The standard InChI is InChI=1S/C10H15BrClNO3S2/c1-6(2)8(3-4-14)13-18(15,16)9-5-7(12)10(11)17-9/h5-6,8,13-14H,3-4H2,1-2H3. The van der Waals surface area contributed by atoms with Crippen molar-refractivity contribution < 1.29 is 13.5 Å². The van der Waals surface area contributed by atoms with Crippen molar-refractivity contribution in [1.29, 1.82) is 0 Å². The molecule has 0 fully saturated rings. The van der Waals surface area contributed by atoms with Crippen molar-refractivity contribution in [2.24, 2.45) is 5.92 Å². The average Bonchev–Trinajstić information content (AvgIpc) is 2.59. The van der Waals surface area contributed by atoms with Crippen molar-refractivity contribution in [3.63, 3.8) is 0 Å². The van der Waals surface area contributed by atoms with Gasteiger partial charge in [-0.3, -0.25) is 0 Å². The maximum absolute atomic E-state index is 12.1. The number of rotatable bonds is 6. The molecule has 1 rings (SSSR count). The lowest BCUT2D eigenvalue weighted by Gasteiger charge is -2.20. The van der Waals surface area contributed by atoms with Crippen molar-refractivity contribution in [1.82, 2.24) is 4.72 Å². The van der Waals surface area contributed by atoms with Crippen molar-refractivity contribution in [2.75, 3.05) is 6.61 Å². The van der Waals surface area contributed by atoms with E-state index in [1.165, 1.54) is 6.07 Å². The number of hydrogen-bond acceptors (Lipinski definition) is 4.